The molecular formula is C19H23FN2OS. The molecule has 1 saturated heterocycles. The molecule has 3 nitrogen and oxygen atoms in total. The number of rotatable bonds is 5. The van der Waals surface area contributed by atoms with Crippen LogP contribution in [0.2, 0.25) is 0 Å². The minimum Gasteiger partial charge on any atom is -0.350 e. The molecule has 0 spiro atoms. The third kappa shape index (κ3) is 4.42. The highest BCUT2D eigenvalue weighted by atomic mass is 32.1. The molecule has 128 valence electrons. The van der Waals surface area contributed by atoms with Crippen molar-refractivity contribution in [2.45, 2.75) is 31.7 Å². The molecule has 1 unspecified atom stereocenters. The number of halogens is 1. The number of thiophene rings is 1. The SMILES string of the molecule is O=C(NCC(c1ccsc1)N1CCCCCC1)c1cccc(F)c1. The lowest BCUT2D eigenvalue weighted by atomic mass is 10.1. The standard InChI is InChI=1S/C19H23FN2OS/c20-17-7-5-6-15(12-17)19(23)21-13-18(16-8-11-24-14-16)22-9-3-1-2-4-10-22/h5-8,11-12,14,18H,1-4,9-10,13H2,(H,21,23). The molecule has 24 heavy (non-hydrogen) atoms. The van der Waals surface area contributed by atoms with Gasteiger partial charge in [-0.05, 0) is 66.5 Å². The molecule has 0 radical (unpaired) electrons. The summed E-state index contributed by atoms with van der Waals surface area (Å²) in [6.07, 6.45) is 4.97. The van der Waals surface area contributed by atoms with Crippen LogP contribution in [0, 0.1) is 5.82 Å². The maximum Gasteiger partial charge on any atom is 0.251 e. The summed E-state index contributed by atoms with van der Waals surface area (Å²) in [5.41, 5.74) is 1.62. The lowest BCUT2D eigenvalue weighted by Crippen LogP contribution is -2.38. The van der Waals surface area contributed by atoms with E-state index in [0.717, 1.165) is 13.1 Å². The molecule has 0 saturated carbocycles. The first kappa shape index (κ1) is 17.1. The van der Waals surface area contributed by atoms with Crippen LogP contribution in [0.5, 0.6) is 0 Å². The number of nitrogens with one attached hydrogen (secondary N) is 1. The Bertz CT molecular complexity index is 651. The van der Waals surface area contributed by atoms with E-state index in [-0.39, 0.29) is 17.8 Å². The molecule has 2 aromatic rings. The Labute approximate surface area is 146 Å². The van der Waals surface area contributed by atoms with Crippen LogP contribution in [0.4, 0.5) is 4.39 Å². The monoisotopic (exact) mass is 346 g/mol. The van der Waals surface area contributed by atoms with Gasteiger partial charge in [0.15, 0.2) is 0 Å². The number of hydrogen-bond acceptors (Lipinski definition) is 3. The zero-order valence-electron chi connectivity index (χ0n) is 13.7. The number of benzene rings is 1. The highest BCUT2D eigenvalue weighted by Gasteiger charge is 2.22. The number of likely N-dealkylation sites (tertiary alicyclic amines) is 1. The molecule has 0 bridgehead atoms. The number of carbonyl (C=O) groups is 1. The van der Waals surface area contributed by atoms with Crippen LogP contribution in [0.15, 0.2) is 41.1 Å². The van der Waals surface area contributed by atoms with Gasteiger partial charge in [-0.1, -0.05) is 18.9 Å². The molecule has 1 amide bonds. The average Bonchev–Trinajstić information content (AvgIpc) is 2.98. The smallest absolute Gasteiger partial charge is 0.251 e. The van der Waals surface area contributed by atoms with Gasteiger partial charge in [-0.15, -0.1) is 0 Å². The molecule has 1 aliphatic rings. The Morgan fingerprint density at radius 1 is 1.21 bits per heavy atom. The summed E-state index contributed by atoms with van der Waals surface area (Å²) in [6.45, 7) is 2.68. The van der Waals surface area contributed by atoms with E-state index < -0.39 is 0 Å². The highest BCUT2D eigenvalue weighted by molar-refractivity contribution is 7.07. The summed E-state index contributed by atoms with van der Waals surface area (Å²) in [6, 6.07) is 8.16. The summed E-state index contributed by atoms with van der Waals surface area (Å²) in [5, 5.41) is 7.22. The molecule has 1 fully saturated rings. The fraction of sp³-hybridized carbons (Fsp3) is 0.421. The fourth-order valence-electron chi connectivity index (χ4n) is 3.25. The lowest BCUT2D eigenvalue weighted by Gasteiger charge is -2.30. The molecule has 1 atom stereocenters. The molecule has 0 aliphatic carbocycles. The van der Waals surface area contributed by atoms with Crippen LogP contribution in [0.3, 0.4) is 0 Å². The number of nitrogens with zero attached hydrogens (tertiary/aromatic N) is 1. The molecule has 1 N–H and O–H groups in total. The average molecular weight is 346 g/mol. The Hall–Kier alpha value is -1.72. The van der Waals surface area contributed by atoms with Crippen molar-refractivity contribution in [1.29, 1.82) is 0 Å². The van der Waals surface area contributed by atoms with Gasteiger partial charge in [0, 0.05) is 12.1 Å². The second-order valence-electron chi connectivity index (χ2n) is 6.24. The lowest BCUT2D eigenvalue weighted by molar-refractivity contribution is 0.0933. The zero-order chi connectivity index (χ0) is 16.8. The number of amides is 1. The number of hydrogen-bond donors (Lipinski definition) is 1. The van der Waals surface area contributed by atoms with Crippen LogP contribution in [0.1, 0.15) is 47.6 Å². The maximum atomic E-state index is 13.3. The third-order valence-corrected chi connectivity index (χ3v) is 5.25. The first-order valence-electron chi connectivity index (χ1n) is 8.54. The van der Waals surface area contributed by atoms with Gasteiger partial charge in [0.25, 0.3) is 5.91 Å². The predicted octanol–water partition coefficient (Wildman–Crippen LogP) is 4.23. The van der Waals surface area contributed by atoms with Gasteiger partial charge in [-0.25, -0.2) is 4.39 Å². The van der Waals surface area contributed by atoms with Crippen molar-refractivity contribution in [3.8, 4) is 0 Å². The summed E-state index contributed by atoms with van der Waals surface area (Å²) < 4.78 is 13.3. The Morgan fingerprint density at radius 3 is 2.67 bits per heavy atom. The molecule has 1 aromatic heterocycles. The van der Waals surface area contributed by atoms with Crippen molar-refractivity contribution in [2.24, 2.45) is 0 Å². The predicted molar refractivity (Wildman–Crippen MR) is 95.8 cm³/mol. The largest absolute Gasteiger partial charge is 0.350 e. The van der Waals surface area contributed by atoms with Crippen LogP contribution in [-0.4, -0.2) is 30.4 Å². The van der Waals surface area contributed by atoms with E-state index in [0.29, 0.717) is 12.1 Å². The van der Waals surface area contributed by atoms with E-state index in [1.807, 2.05) is 0 Å². The summed E-state index contributed by atoms with van der Waals surface area (Å²) >= 11 is 1.68. The molecule has 1 aliphatic heterocycles. The van der Waals surface area contributed by atoms with Gasteiger partial charge in [0.1, 0.15) is 5.82 Å². The summed E-state index contributed by atoms with van der Waals surface area (Å²) in [5.74, 6) is -0.603. The maximum absolute atomic E-state index is 13.3. The van der Waals surface area contributed by atoms with Gasteiger partial charge < -0.3 is 5.32 Å². The van der Waals surface area contributed by atoms with E-state index in [4.69, 9.17) is 0 Å². The first-order valence-corrected chi connectivity index (χ1v) is 9.48. The second-order valence-corrected chi connectivity index (χ2v) is 7.02. The highest BCUT2D eigenvalue weighted by Crippen LogP contribution is 2.25. The first-order chi connectivity index (χ1) is 11.7. The molecule has 3 rings (SSSR count). The van der Waals surface area contributed by atoms with Crippen LogP contribution < -0.4 is 5.32 Å². The Kier molecular flexibility index (Phi) is 5.99. The van der Waals surface area contributed by atoms with Crippen LogP contribution in [-0.2, 0) is 0 Å². The minimum atomic E-state index is -0.385. The minimum absolute atomic E-state index is 0.187. The van der Waals surface area contributed by atoms with Crippen molar-refractivity contribution >= 4 is 17.2 Å². The molecule has 1 aromatic carbocycles. The van der Waals surface area contributed by atoms with Crippen LogP contribution in [0.25, 0.3) is 0 Å². The van der Waals surface area contributed by atoms with Crippen molar-refractivity contribution in [3.05, 3.63) is 58.0 Å². The topological polar surface area (TPSA) is 32.3 Å². The van der Waals surface area contributed by atoms with E-state index in [2.05, 4.69) is 27.0 Å². The fourth-order valence-corrected chi connectivity index (χ4v) is 3.96. The molecule has 5 heteroatoms. The van der Waals surface area contributed by atoms with Crippen molar-refractivity contribution in [3.63, 3.8) is 0 Å². The van der Waals surface area contributed by atoms with Gasteiger partial charge in [0.05, 0.1) is 6.04 Å². The summed E-state index contributed by atoms with van der Waals surface area (Å²) in [7, 11) is 0. The van der Waals surface area contributed by atoms with E-state index in [1.54, 1.807) is 23.5 Å². The Balaban J connectivity index is 1.69. The van der Waals surface area contributed by atoms with Gasteiger partial charge in [-0.2, -0.15) is 11.3 Å². The molecular weight excluding hydrogens is 323 g/mol. The van der Waals surface area contributed by atoms with Crippen molar-refractivity contribution < 1.29 is 9.18 Å². The van der Waals surface area contributed by atoms with Gasteiger partial charge in [0.2, 0.25) is 0 Å². The quantitative estimate of drug-likeness (QED) is 0.878. The van der Waals surface area contributed by atoms with E-state index >= 15 is 0 Å². The third-order valence-electron chi connectivity index (χ3n) is 4.55. The zero-order valence-corrected chi connectivity index (χ0v) is 14.5. The van der Waals surface area contributed by atoms with Gasteiger partial charge in [-0.3, -0.25) is 9.69 Å². The van der Waals surface area contributed by atoms with E-state index in [9.17, 15) is 9.18 Å². The number of carbonyl (C=O) groups excluding carboxylic acids is 1. The molecule has 2 heterocycles. The normalized spacial score (nSPS) is 17.2. The van der Waals surface area contributed by atoms with Crippen molar-refractivity contribution in [1.82, 2.24) is 10.2 Å². The van der Waals surface area contributed by atoms with Crippen molar-refractivity contribution in [2.75, 3.05) is 19.6 Å². The van der Waals surface area contributed by atoms with Gasteiger partial charge >= 0.3 is 0 Å². The Morgan fingerprint density at radius 2 is 2.00 bits per heavy atom. The van der Waals surface area contributed by atoms with Crippen LogP contribution >= 0.6 is 11.3 Å². The summed E-state index contributed by atoms with van der Waals surface area (Å²) in [4.78, 5) is 14.8. The second kappa shape index (κ2) is 8.40. The van der Waals surface area contributed by atoms with E-state index in [1.165, 1.54) is 43.4 Å².